The second kappa shape index (κ2) is 17.5. The van der Waals surface area contributed by atoms with Crippen molar-refractivity contribution in [2.24, 2.45) is 0 Å². The highest BCUT2D eigenvalue weighted by molar-refractivity contribution is 6.31. The first-order chi connectivity index (χ1) is 22.9. The van der Waals surface area contributed by atoms with Crippen LogP contribution < -0.4 is 14.5 Å². The van der Waals surface area contributed by atoms with Crippen molar-refractivity contribution in [3.05, 3.63) is 52.2 Å². The van der Waals surface area contributed by atoms with Gasteiger partial charge in [0.1, 0.15) is 12.4 Å². The van der Waals surface area contributed by atoms with Gasteiger partial charge in [-0.3, -0.25) is 4.79 Å². The zero-order valence-corrected chi connectivity index (χ0v) is 29.8. The second-order valence-electron chi connectivity index (χ2n) is 13.0. The number of aromatic nitrogens is 2. The fraction of sp³-hybridized carbons (Fsp3) is 0.629. The van der Waals surface area contributed by atoms with E-state index in [1.165, 1.54) is 37.5 Å². The normalized spacial score (nSPS) is 18.7. The molecule has 0 bridgehead atoms. The fourth-order valence-electron chi connectivity index (χ4n) is 6.30. The zero-order valence-electron chi connectivity index (χ0n) is 29.0. The number of unbranched alkanes of at least 4 members (excludes halogenated alkanes) is 2. The number of hydrogen-bond donors (Lipinski definition) is 0. The summed E-state index contributed by atoms with van der Waals surface area (Å²) in [6, 6.07) is 4.74. The van der Waals surface area contributed by atoms with E-state index in [9.17, 15) is 18.0 Å². The van der Waals surface area contributed by atoms with Crippen LogP contribution in [0.15, 0.2) is 30.4 Å². The molecule has 1 aromatic carbocycles. The summed E-state index contributed by atoms with van der Waals surface area (Å²) < 4.78 is 48.1. The largest absolute Gasteiger partial charge is 0.462 e. The van der Waals surface area contributed by atoms with E-state index in [0.29, 0.717) is 58.0 Å². The molecule has 1 unspecified atom stereocenters. The monoisotopic (exact) mass is 693 g/mol. The maximum atomic E-state index is 14.0. The average molecular weight is 694 g/mol. The predicted molar refractivity (Wildman–Crippen MR) is 186 cm³/mol. The molecule has 3 aliphatic rings. The maximum absolute atomic E-state index is 14.0. The van der Waals surface area contributed by atoms with E-state index in [4.69, 9.17) is 26.3 Å². The molecule has 1 amide bonds. The van der Waals surface area contributed by atoms with Gasteiger partial charge in [-0.05, 0) is 59.1 Å². The van der Waals surface area contributed by atoms with E-state index < -0.39 is 11.7 Å². The number of likely N-dealkylation sites (N-methyl/N-ethyl adjacent to an activating group) is 2. The number of nitrogens with zero attached hydrogens (tertiary/aromatic N) is 7. The number of likely N-dealkylation sites (tertiary alicyclic amines) is 1. The first kappa shape index (κ1) is 37.7. The number of fused-ring (bicyclic) bond motifs is 1. The molecule has 1 aromatic heterocycles. The van der Waals surface area contributed by atoms with Crippen LogP contribution >= 0.6 is 11.6 Å². The minimum absolute atomic E-state index is 0.0199. The van der Waals surface area contributed by atoms with Crippen LogP contribution in [0.5, 0.6) is 6.01 Å². The molecule has 48 heavy (non-hydrogen) atoms. The molecule has 1 atom stereocenters. The molecule has 0 spiro atoms. The van der Waals surface area contributed by atoms with Crippen LogP contribution in [0.4, 0.5) is 24.7 Å². The summed E-state index contributed by atoms with van der Waals surface area (Å²) >= 11 is 6.04. The summed E-state index contributed by atoms with van der Waals surface area (Å²) in [5.74, 6) is 0.713. The number of benzene rings is 1. The summed E-state index contributed by atoms with van der Waals surface area (Å²) in [7, 11) is 5.96. The number of anilines is 2. The average Bonchev–Trinajstić information content (AvgIpc) is 3.47. The van der Waals surface area contributed by atoms with Gasteiger partial charge in [-0.25, -0.2) is 0 Å². The van der Waals surface area contributed by atoms with Crippen LogP contribution in [-0.4, -0.2) is 110 Å². The van der Waals surface area contributed by atoms with Gasteiger partial charge >= 0.3 is 12.2 Å². The lowest BCUT2D eigenvalue weighted by Crippen LogP contribution is -2.49. The second-order valence-corrected chi connectivity index (χ2v) is 13.4. The van der Waals surface area contributed by atoms with Crippen LogP contribution in [0.2, 0.25) is 5.02 Å². The Balaban J connectivity index is 0.000000968. The Kier molecular flexibility index (Phi) is 13.8. The van der Waals surface area contributed by atoms with Gasteiger partial charge < -0.3 is 29.2 Å². The molecule has 2 aromatic rings. The minimum Gasteiger partial charge on any atom is -0.462 e. The van der Waals surface area contributed by atoms with Crippen molar-refractivity contribution in [2.45, 2.75) is 71.1 Å². The topological polar surface area (TPSA) is 68.3 Å². The van der Waals surface area contributed by atoms with Crippen LogP contribution in [0.1, 0.15) is 62.8 Å². The van der Waals surface area contributed by atoms with Crippen molar-refractivity contribution < 1.29 is 22.7 Å². The summed E-state index contributed by atoms with van der Waals surface area (Å²) in [6.07, 6.45) is 5.55. The number of carbonyl (C=O) groups is 1. The van der Waals surface area contributed by atoms with Crippen molar-refractivity contribution in [1.82, 2.24) is 24.7 Å². The molecule has 0 saturated carbocycles. The van der Waals surface area contributed by atoms with E-state index in [2.05, 4.69) is 30.7 Å². The van der Waals surface area contributed by atoms with Gasteiger partial charge in [0.25, 0.3) is 0 Å². The van der Waals surface area contributed by atoms with Crippen molar-refractivity contribution in [1.29, 1.82) is 0 Å². The van der Waals surface area contributed by atoms with Crippen molar-refractivity contribution in [3.8, 4) is 6.01 Å². The number of ether oxygens (including phenoxy) is 1. The molecule has 5 rings (SSSR count). The number of halogens is 4. The number of alkyl halides is 3. The van der Waals surface area contributed by atoms with E-state index in [1.54, 1.807) is 11.0 Å². The lowest BCUT2D eigenvalue weighted by Gasteiger charge is -2.38. The molecule has 4 heterocycles. The van der Waals surface area contributed by atoms with Crippen LogP contribution in [0.3, 0.4) is 0 Å². The predicted octanol–water partition coefficient (Wildman–Crippen LogP) is 6.15. The molecule has 13 heteroatoms. The summed E-state index contributed by atoms with van der Waals surface area (Å²) in [5, 5.41) is -0.326. The highest BCUT2D eigenvalue weighted by atomic mass is 35.5. The van der Waals surface area contributed by atoms with Gasteiger partial charge in [0.2, 0.25) is 5.91 Å². The van der Waals surface area contributed by atoms with Crippen molar-refractivity contribution in [2.75, 3.05) is 83.4 Å². The molecule has 2 fully saturated rings. The van der Waals surface area contributed by atoms with Gasteiger partial charge in [-0.15, -0.1) is 0 Å². The highest BCUT2D eigenvalue weighted by Gasteiger charge is 2.38. The van der Waals surface area contributed by atoms with Gasteiger partial charge in [-0.2, -0.15) is 23.1 Å². The van der Waals surface area contributed by atoms with Crippen LogP contribution in [0.25, 0.3) is 0 Å². The van der Waals surface area contributed by atoms with E-state index >= 15 is 0 Å². The van der Waals surface area contributed by atoms with Gasteiger partial charge in [0.15, 0.2) is 0 Å². The number of amides is 1. The summed E-state index contributed by atoms with van der Waals surface area (Å²) in [6.45, 7) is 9.32. The number of piperazine rings is 1. The summed E-state index contributed by atoms with van der Waals surface area (Å²) in [5.41, 5.74) is 0.748. The van der Waals surface area contributed by atoms with E-state index in [0.717, 1.165) is 30.8 Å². The molecule has 3 aliphatic heterocycles. The number of hydrogen-bond acceptors (Lipinski definition) is 8. The third kappa shape index (κ3) is 9.98. The quantitative estimate of drug-likeness (QED) is 0.275. The molecule has 9 nitrogen and oxygen atoms in total. The lowest BCUT2D eigenvalue weighted by atomic mass is 10.0. The van der Waals surface area contributed by atoms with E-state index in [-0.39, 0.29) is 35.2 Å². The van der Waals surface area contributed by atoms with Crippen LogP contribution in [0, 0.1) is 0 Å². The first-order valence-electron chi connectivity index (χ1n) is 17.1. The number of rotatable bonds is 10. The molecular weight excluding hydrogens is 643 g/mol. The molecule has 0 radical (unpaired) electrons. The highest BCUT2D eigenvalue weighted by Crippen LogP contribution is 2.43. The Bertz CT molecular complexity index is 1380. The number of carbonyl (C=O) groups excluding carboxylic acids is 1. The van der Waals surface area contributed by atoms with Crippen molar-refractivity contribution in [3.63, 3.8) is 0 Å². The first-order valence-corrected chi connectivity index (χ1v) is 17.5. The Hall–Kier alpha value is -3.09. The lowest BCUT2D eigenvalue weighted by molar-refractivity contribution is -0.137. The van der Waals surface area contributed by atoms with Crippen LogP contribution in [-0.2, 0) is 23.9 Å². The smallest absolute Gasteiger partial charge is 0.419 e. The Morgan fingerprint density at radius 2 is 1.79 bits per heavy atom. The van der Waals surface area contributed by atoms with Gasteiger partial charge in [-0.1, -0.05) is 56.9 Å². The molecular formula is C35H51ClF3N7O2. The maximum Gasteiger partial charge on any atom is 0.419 e. The standard InChI is InChI=1S/C30H39ClF3N7O2.C5H12/c1-37(2)12-6-10-26(42)39-15-17-40(18-16-39)28-22-11-14-41(25-9-4-8-23(31)27(25)30(32,33)34)19-24(22)35-29(36-28)43-20-21-7-5-13-38(21)3;1-3-5-4-2/h4,6,8-10,21H,5,7,11-20H2,1-3H3;3-5H2,1-2H3/b10-6+;. The van der Waals surface area contributed by atoms with E-state index in [1.807, 2.05) is 30.0 Å². The third-order valence-electron chi connectivity index (χ3n) is 9.04. The summed E-state index contributed by atoms with van der Waals surface area (Å²) in [4.78, 5) is 32.1. The Labute approximate surface area is 288 Å². The van der Waals surface area contributed by atoms with Gasteiger partial charge in [0.05, 0.1) is 28.5 Å². The SMILES string of the molecule is CCCCC.CN(C)C/C=C/C(=O)N1CCN(c2nc(OCC3CCCN3C)nc3c2CCN(c2cccc(Cl)c2C(F)(F)F)C3)CC1. The van der Waals surface area contributed by atoms with Crippen molar-refractivity contribution >= 4 is 29.0 Å². The molecule has 2 saturated heterocycles. The third-order valence-corrected chi connectivity index (χ3v) is 9.36. The minimum atomic E-state index is -4.59. The Morgan fingerprint density at radius 3 is 2.40 bits per heavy atom. The Morgan fingerprint density at radius 1 is 1.06 bits per heavy atom. The fourth-order valence-corrected chi connectivity index (χ4v) is 6.58. The zero-order chi connectivity index (χ0) is 34.8. The van der Waals surface area contributed by atoms with Gasteiger partial charge in [0, 0.05) is 56.9 Å². The molecule has 266 valence electrons. The molecule has 0 N–H and O–H groups in total. The molecule has 0 aliphatic carbocycles.